The average Bonchev–Trinajstić information content (AvgIpc) is 3.44. The topological polar surface area (TPSA) is 38.7 Å². The highest BCUT2D eigenvalue weighted by molar-refractivity contribution is 5.91. The molecule has 0 amide bonds. The zero-order valence-corrected chi connectivity index (χ0v) is 37.3. The number of aromatic nitrogens is 3. The fourth-order valence-corrected chi connectivity index (χ4v) is 11.0. The van der Waals surface area contributed by atoms with Crippen LogP contribution >= 0.6 is 0 Å². The first-order valence-corrected chi connectivity index (χ1v) is 23.3. The number of hydrogen-bond acceptors (Lipinski definition) is 3. The minimum atomic E-state index is -0.712. The van der Waals surface area contributed by atoms with E-state index >= 15 is 0 Å². The lowest BCUT2D eigenvalue weighted by Gasteiger charge is -2.57. The molecular formula is C65H45N3. The van der Waals surface area contributed by atoms with E-state index in [1.165, 1.54) is 44.5 Å². The van der Waals surface area contributed by atoms with Gasteiger partial charge in [-0.15, -0.1) is 0 Å². The van der Waals surface area contributed by atoms with Crippen molar-refractivity contribution in [1.29, 1.82) is 0 Å². The zero-order chi connectivity index (χ0) is 45.3. The van der Waals surface area contributed by atoms with Crippen LogP contribution in [0.5, 0.6) is 0 Å². The van der Waals surface area contributed by atoms with Crippen LogP contribution in [-0.4, -0.2) is 15.0 Å². The van der Waals surface area contributed by atoms with Gasteiger partial charge in [0.05, 0.1) is 10.8 Å². The van der Waals surface area contributed by atoms with Gasteiger partial charge in [0.15, 0.2) is 17.5 Å². The molecule has 0 radical (unpaired) electrons. The zero-order valence-electron chi connectivity index (χ0n) is 37.3. The molecule has 0 spiro atoms. The lowest BCUT2D eigenvalue weighted by molar-refractivity contribution is 0.415. The molecule has 3 nitrogen and oxygen atoms in total. The molecule has 0 fully saturated rings. The maximum atomic E-state index is 5.08. The van der Waals surface area contributed by atoms with Crippen molar-refractivity contribution in [1.82, 2.24) is 15.0 Å². The number of fused-ring (bicyclic) bond motifs is 3. The van der Waals surface area contributed by atoms with Gasteiger partial charge in [0.1, 0.15) is 0 Å². The highest BCUT2D eigenvalue weighted by Gasteiger charge is 2.61. The van der Waals surface area contributed by atoms with Gasteiger partial charge in [-0.05, 0) is 78.9 Å². The maximum absolute atomic E-state index is 5.08. The molecule has 0 saturated carbocycles. The van der Waals surface area contributed by atoms with Crippen LogP contribution in [0.4, 0.5) is 0 Å². The number of hydrogen-bond donors (Lipinski definition) is 0. The molecule has 11 aromatic rings. The van der Waals surface area contributed by atoms with E-state index in [0.717, 1.165) is 38.9 Å². The summed E-state index contributed by atoms with van der Waals surface area (Å²) in [4.78, 5) is 15.1. The van der Waals surface area contributed by atoms with Crippen molar-refractivity contribution in [2.45, 2.75) is 10.8 Å². The van der Waals surface area contributed by atoms with Crippen LogP contribution in [0.1, 0.15) is 33.4 Å². The molecule has 1 aliphatic carbocycles. The van der Waals surface area contributed by atoms with Crippen molar-refractivity contribution in [2.75, 3.05) is 0 Å². The van der Waals surface area contributed by atoms with Crippen LogP contribution in [0.25, 0.3) is 67.5 Å². The van der Waals surface area contributed by atoms with Gasteiger partial charge in [-0.3, -0.25) is 0 Å². The summed E-state index contributed by atoms with van der Waals surface area (Å²) in [7, 11) is 0. The quantitative estimate of drug-likeness (QED) is 0.145. The molecule has 12 rings (SSSR count). The second-order valence-electron chi connectivity index (χ2n) is 17.4. The summed E-state index contributed by atoms with van der Waals surface area (Å²) in [6.45, 7) is 0. The first-order valence-electron chi connectivity index (χ1n) is 23.3. The van der Waals surface area contributed by atoms with Gasteiger partial charge in [0.2, 0.25) is 0 Å². The molecule has 1 aliphatic rings. The lowest BCUT2D eigenvalue weighted by atomic mass is 9.43. The first kappa shape index (κ1) is 40.7. The molecule has 10 aromatic carbocycles. The van der Waals surface area contributed by atoms with Crippen LogP contribution in [0, 0.1) is 0 Å². The SMILES string of the molecule is c1ccc(-c2nc(-c3ccccc3)nc(-c3cccc(-c4ccccc4-c4ccc5c(c4)-c4ccccc4C(c4ccccc4)(c4ccccc4)C5(c4ccccc4)c4ccccc4)c3)n2)cc1. The molecule has 0 atom stereocenters. The summed E-state index contributed by atoms with van der Waals surface area (Å²) in [6.07, 6.45) is 0. The molecule has 0 bridgehead atoms. The van der Waals surface area contributed by atoms with E-state index in [-0.39, 0.29) is 0 Å². The van der Waals surface area contributed by atoms with Gasteiger partial charge in [0.25, 0.3) is 0 Å². The number of rotatable bonds is 9. The normalized spacial score (nSPS) is 13.2. The Labute approximate surface area is 397 Å². The van der Waals surface area contributed by atoms with Crippen molar-refractivity contribution in [2.24, 2.45) is 0 Å². The Morgan fingerprint density at radius 3 is 0.985 bits per heavy atom. The molecule has 3 heteroatoms. The average molecular weight is 868 g/mol. The first-order chi connectivity index (χ1) is 33.7. The summed E-state index contributed by atoms with van der Waals surface area (Å²) < 4.78 is 0. The monoisotopic (exact) mass is 867 g/mol. The molecule has 320 valence electrons. The van der Waals surface area contributed by atoms with E-state index in [4.69, 9.17) is 15.0 Å². The third kappa shape index (κ3) is 6.62. The third-order valence-corrected chi connectivity index (χ3v) is 13.8. The van der Waals surface area contributed by atoms with Gasteiger partial charge in [-0.25, -0.2) is 15.0 Å². The van der Waals surface area contributed by atoms with E-state index < -0.39 is 10.8 Å². The molecule has 0 saturated heterocycles. The summed E-state index contributed by atoms with van der Waals surface area (Å²) >= 11 is 0. The summed E-state index contributed by atoms with van der Waals surface area (Å²) in [6, 6.07) is 98.7. The van der Waals surface area contributed by atoms with E-state index in [9.17, 15) is 0 Å². The second-order valence-corrected chi connectivity index (χ2v) is 17.4. The van der Waals surface area contributed by atoms with Gasteiger partial charge in [-0.1, -0.05) is 261 Å². The molecule has 0 aliphatic heterocycles. The molecule has 0 N–H and O–H groups in total. The largest absolute Gasteiger partial charge is 0.208 e. The lowest BCUT2D eigenvalue weighted by Crippen LogP contribution is -2.54. The van der Waals surface area contributed by atoms with Crippen molar-refractivity contribution in [3.8, 4) is 67.5 Å². The fourth-order valence-electron chi connectivity index (χ4n) is 11.0. The number of benzene rings is 10. The van der Waals surface area contributed by atoms with E-state index in [0.29, 0.717) is 17.5 Å². The van der Waals surface area contributed by atoms with E-state index in [1.54, 1.807) is 0 Å². The minimum Gasteiger partial charge on any atom is -0.208 e. The van der Waals surface area contributed by atoms with Gasteiger partial charge < -0.3 is 0 Å². The van der Waals surface area contributed by atoms with Crippen LogP contribution in [0.2, 0.25) is 0 Å². The van der Waals surface area contributed by atoms with Crippen LogP contribution in [-0.2, 0) is 10.8 Å². The van der Waals surface area contributed by atoms with Crippen LogP contribution in [0.15, 0.2) is 273 Å². The predicted molar refractivity (Wildman–Crippen MR) is 278 cm³/mol. The Kier molecular flexibility index (Phi) is 10.3. The molecule has 68 heavy (non-hydrogen) atoms. The van der Waals surface area contributed by atoms with E-state index in [1.807, 2.05) is 60.7 Å². The summed E-state index contributed by atoms with van der Waals surface area (Å²) in [5.74, 6) is 1.90. The second kappa shape index (κ2) is 17.2. The Morgan fingerprint density at radius 1 is 0.206 bits per heavy atom. The van der Waals surface area contributed by atoms with Crippen molar-refractivity contribution in [3.63, 3.8) is 0 Å². The van der Waals surface area contributed by atoms with Crippen molar-refractivity contribution >= 4 is 0 Å². The van der Waals surface area contributed by atoms with Crippen LogP contribution < -0.4 is 0 Å². The smallest absolute Gasteiger partial charge is 0.164 e. The maximum Gasteiger partial charge on any atom is 0.164 e. The standard InChI is InChI=1S/C65H45N3/c1-7-24-46(25-8-1)61-66-62(47-26-9-2-10-27-47)68-63(67-61)50-29-23-28-48(44-50)55-38-19-20-39-56(55)49-42-43-60-58(45-49)57-40-21-22-41-59(57)64(51-30-11-3-12-31-51,52-32-13-4-14-33-52)65(60,53-34-15-5-16-35-53)54-36-17-6-18-37-54/h1-45H. The molecule has 1 aromatic heterocycles. The number of nitrogens with zero attached hydrogens (tertiary/aromatic N) is 3. The van der Waals surface area contributed by atoms with Gasteiger partial charge >= 0.3 is 0 Å². The Morgan fingerprint density at radius 2 is 0.529 bits per heavy atom. The third-order valence-electron chi connectivity index (χ3n) is 13.8. The van der Waals surface area contributed by atoms with Crippen LogP contribution in [0.3, 0.4) is 0 Å². The highest BCUT2D eigenvalue weighted by atomic mass is 15.0. The predicted octanol–water partition coefficient (Wildman–Crippen LogP) is 15.6. The molecule has 1 heterocycles. The Balaban J connectivity index is 1.08. The molecule has 0 unspecified atom stereocenters. The minimum absolute atomic E-state index is 0.626. The Hall–Kier alpha value is -8.79. The summed E-state index contributed by atoms with van der Waals surface area (Å²) in [5, 5.41) is 0. The van der Waals surface area contributed by atoms with Crippen molar-refractivity contribution < 1.29 is 0 Å². The Bertz CT molecular complexity index is 3400. The van der Waals surface area contributed by atoms with Crippen molar-refractivity contribution in [3.05, 3.63) is 306 Å². The highest BCUT2D eigenvalue weighted by Crippen LogP contribution is 2.65. The van der Waals surface area contributed by atoms with Gasteiger partial charge in [-0.2, -0.15) is 0 Å². The molecular weight excluding hydrogens is 823 g/mol. The van der Waals surface area contributed by atoms with E-state index in [2.05, 4.69) is 212 Å². The fraction of sp³-hybridized carbons (Fsp3) is 0.0308. The van der Waals surface area contributed by atoms with Gasteiger partial charge in [0, 0.05) is 16.7 Å². The summed E-state index contributed by atoms with van der Waals surface area (Å²) in [5.41, 5.74) is 15.8.